The van der Waals surface area contributed by atoms with Crippen molar-refractivity contribution in [3.63, 3.8) is 0 Å². The second-order valence-corrected chi connectivity index (χ2v) is 14.9. The molecule has 0 bridgehead atoms. The van der Waals surface area contributed by atoms with E-state index in [2.05, 4.69) is 204 Å². The van der Waals surface area contributed by atoms with Gasteiger partial charge >= 0.3 is 0 Å². The maximum absolute atomic E-state index is 5.14. The van der Waals surface area contributed by atoms with Gasteiger partial charge in [0.05, 0.1) is 0 Å². The number of benzene rings is 9. The minimum atomic E-state index is 0.614. The number of aromatic nitrogens is 3. The molecule has 5 nitrogen and oxygen atoms in total. The maximum atomic E-state index is 5.14. The Morgan fingerprint density at radius 3 is 0.790 bits per heavy atom. The first kappa shape index (κ1) is 37.8. The van der Waals surface area contributed by atoms with Crippen molar-refractivity contribution in [3.8, 4) is 56.4 Å². The number of para-hydroxylation sites is 4. The first-order chi connectivity index (χ1) is 30.7. The van der Waals surface area contributed by atoms with E-state index in [-0.39, 0.29) is 0 Å². The number of rotatable bonds is 11. The molecule has 294 valence electrons. The third-order valence-electron chi connectivity index (χ3n) is 10.9. The van der Waals surface area contributed by atoms with Gasteiger partial charge in [-0.2, -0.15) is 0 Å². The summed E-state index contributed by atoms with van der Waals surface area (Å²) in [6.45, 7) is 0. The van der Waals surface area contributed by atoms with Crippen LogP contribution in [0.2, 0.25) is 0 Å². The zero-order chi connectivity index (χ0) is 41.5. The lowest BCUT2D eigenvalue weighted by Crippen LogP contribution is -2.09. The van der Waals surface area contributed by atoms with Gasteiger partial charge in [-0.15, -0.1) is 0 Å². The highest BCUT2D eigenvalue weighted by atomic mass is 15.1. The Hall–Kier alpha value is -8.41. The van der Waals surface area contributed by atoms with Gasteiger partial charge in [-0.25, -0.2) is 15.0 Å². The topological polar surface area (TPSA) is 45.2 Å². The fraction of sp³-hybridized carbons (Fsp3) is 0. The van der Waals surface area contributed by atoms with Crippen molar-refractivity contribution in [3.05, 3.63) is 249 Å². The molecule has 1 heterocycles. The largest absolute Gasteiger partial charge is 0.311 e. The van der Waals surface area contributed by atoms with E-state index in [1.54, 1.807) is 0 Å². The van der Waals surface area contributed by atoms with Crippen molar-refractivity contribution in [1.29, 1.82) is 0 Å². The fourth-order valence-corrected chi connectivity index (χ4v) is 7.83. The smallest absolute Gasteiger partial charge is 0.164 e. The number of anilines is 6. The molecule has 0 aliphatic carbocycles. The normalized spacial score (nSPS) is 10.9. The van der Waals surface area contributed by atoms with Gasteiger partial charge in [-0.3, -0.25) is 0 Å². The predicted molar refractivity (Wildman–Crippen MR) is 256 cm³/mol. The zero-order valence-corrected chi connectivity index (χ0v) is 33.9. The van der Waals surface area contributed by atoms with E-state index in [1.165, 1.54) is 0 Å². The highest BCUT2D eigenvalue weighted by Crippen LogP contribution is 2.38. The Kier molecular flexibility index (Phi) is 10.6. The Morgan fingerprint density at radius 2 is 0.452 bits per heavy atom. The lowest BCUT2D eigenvalue weighted by Gasteiger charge is -2.25. The average Bonchev–Trinajstić information content (AvgIpc) is 3.36. The van der Waals surface area contributed by atoms with Crippen LogP contribution in [0.25, 0.3) is 56.4 Å². The van der Waals surface area contributed by atoms with Gasteiger partial charge in [0.2, 0.25) is 0 Å². The van der Waals surface area contributed by atoms with Crippen molar-refractivity contribution < 1.29 is 0 Å². The summed E-state index contributed by atoms with van der Waals surface area (Å²) in [5.74, 6) is 1.85. The molecule has 0 saturated carbocycles. The molecule has 0 fully saturated rings. The van der Waals surface area contributed by atoms with Crippen molar-refractivity contribution in [2.45, 2.75) is 0 Å². The van der Waals surface area contributed by atoms with E-state index in [9.17, 15) is 0 Å². The van der Waals surface area contributed by atoms with E-state index in [4.69, 9.17) is 15.0 Å². The molecule has 0 N–H and O–H groups in total. The summed E-state index contributed by atoms with van der Waals surface area (Å²) in [5.41, 5.74) is 13.7. The van der Waals surface area contributed by atoms with Gasteiger partial charge < -0.3 is 9.80 Å². The van der Waals surface area contributed by atoms with Gasteiger partial charge in [0.25, 0.3) is 0 Å². The third-order valence-corrected chi connectivity index (χ3v) is 10.9. The molecule has 0 radical (unpaired) electrons. The summed E-state index contributed by atoms with van der Waals surface area (Å²) in [5, 5.41) is 0. The summed E-state index contributed by atoms with van der Waals surface area (Å²) in [6.07, 6.45) is 0. The predicted octanol–water partition coefficient (Wildman–Crippen LogP) is 15.1. The van der Waals surface area contributed by atoms with E-state index < -0.39 is 0 Å². The molecule has 0 aliphatic heterocycles. The fourth-order valence-electron chi connectivity index (χ4n) is 7.83. The zero-order valence-electron chi connectivity index (χ0n) is 33.9. The van der Waals surface area contributed by atoms with Gasteiger partial charge in [0.15, 0.2) is 17.5 Å². The van der Waals surface area contributed by atoms with Crippen LogP contribution < -0.4 is 9.80 Å². The van der Waals surface area contributed by atoms with E-state index in [0.717, 1.165) is 73.1 Å². The third kappa shape index (κ3) is 8.11. The van der Waals surface area contributed by atoms with Crippen LogP contribution in [0.4, 0.5) is 34.1 Å². The van der Waals surface area contributed by atoms with Crippen molar-refractivity contribution in [2.24, 2.45) is 0 Å². The second kappa shape index (κ2) is 17.4. The molecule has 0 amide bonds. The Morgan fingerprint density at radius 1 is 0.194 bits per heavy atom. The molecule has 0 unspecified atom stereocenters. The molecule has 10 aromatic rings. The summed E-state index contributed by atoms with van der Waals surface area (Å²) < 4.78 is 0. The van der Waals surface area contributed by atoms with Crippen molar-refractivity contribution >= 4 is 34.1 Å². The Labute approximate surface area is 362 Å². The Balaban J connectivity index is 0.979. The molecule has 0 aliphatic rings. The van der Waals surface area contributed by atoms with Crippen LogP contribution in [0.3, 0.4) is 0 Å². The number of hydrogen-bond acceptors (Lipinski definition) is 5. The summed E-state index contributed by atoms with van der Waals surface area (Å²) in [7, 11) is 0. The quantitative estimate of drug-likeness (QED) is 0.130. The molecule has 0 spiro atoms. The molecule has 1 aromatic heterocycles. The molecule has 0 atom stereocenters. The SMILES string of the molecule is c1ccc(-c2nc(-c3cccc(-c4ccc(N(c5ccccc5)c5ccccc5)cc4)c3)nc(-c3cccc(-c4ccc(N(c5ccccc5)c5ccccc5)cc4)c3)n2)cc1. The first-order valence-corrected chi connectivity index (χ1v) is 20.8. The van der Waals surface area contributed by atoms with Crippen LogP contribution in [0.15, 0.2) is 249 Å². The molecular formula is C57H41N5. The first-order valence-electron chi connectivity index (χ1n) is 20.8. The lowest BCUT2D eigenvalue weighted by molar-refractivity contribution is 1.07. The van der Waals surface area contributed by atoms with Crippen LogP contribution in [0, 0.1) is 0 Å². The number of hydrogen-bond donors (Lipinski definition) is 0. The van der Waals surface area contributed by atoms with Crippen LogP contribution >= 0.6 is 0 Å². The number of nitrogens with zero attached hydrogens (tertiary/aromatic N) is 5. The minimum absolute atomic E-state index is 0.614. The monoisotopic (exact) mass is 795 g/mol. The molecule has 0 saturated heterocycles. The highest BCUT2D eigenvalue weighted by Gasteiger charge is 2.16. The standard InChI is InChI=1S/C57H41N5/c1-6-18-44(19-7-1)55-58-56(47-22-16-20-45(40-47)42-32-36-53(37-33-42)61(49-24-8-2-9-25-49)50-26-10-3-11-27-50)60-57(59-55)48-23-17-21-46(41-48)43-34-38-54(39-35-43)62(51-28-12-4-13-29-51)52-30-14-5-15-31-52/h1-41H. The highest BCUT2D eigenvalue weighted by molar-refractivity contribution is 5.81. The summed E-state index contributed by atoms with van der Waals surface area (Å²) in [6, 6.07) is 86.3. The van der Waals surface area contributed by atoms with Crippen LogP contribution in [-0.2, 0) is 0 Å². The van der Waals surface area contributed by atoms with E-state index >= 15 is 0 Å². The average molecular weight is 796 g/mol. The maximum Gasteiger partial charge on any atom is 0.164 e. The van der Waals surface area contributed by atoms with Gasteiger partial charge in [-0.05, 0) is 107 Å². The minimum Gasteiger partial charge on any atom is -0.311 e. The lowest BCUT2D eigenvalue weighted by atomic mass is 10.0. The molecule has 5 heteroatoms. The van der Waals surface area contributed by atoms with E-state index in [0.29, 0.717) is 17.5 Å². The van der Waals surface area contributed by atoms with E-state index in [1.807, 2.05) is 54.6 Å². The van der Waals surface area contributed by atoms with Crippen molar-refractivity contribution in [1.82, 2.24) is 15.0 Å². The Bertz CT molecular complexity index is 2770. The van der Waals surface area contributed by atoms with Gasteiger partial charge in [0, 0.05) is 50.8 Å². The van der Waals surface area contributed by atoms with Gasteiger partial charge in [0.1, 0.15) is 0 Å². The van der Waals surface area contributed by atoms with Crippen LogP contribution in [0.1, 0.15) is 0 Å². The van der Waals surface area contributed by atoms with Crippen molar-refractivity contribution in [2.75, 3.05) is 9.80 Å². The summed E-state index contributed by atoms with van der Waals surface area (Å²) in [4.78, 5) is 19.8. The molecular weight excluding hydrogens is 755 g/mol. The second-order valence-electron chi connectivity index (χ2n) is 14.9. The molecule has 62 heavy (non-hydrogen) atoms. The molecule has 10 rings (SSSR count). The molecule has 9 aromatic carbocycles. The van der Waals surface area contributed by atoms with Gasteiger partial charge in [-0.1, -0.05) is 164 Å². The van der Waals surface area contributed by atoms with Crippen LogP contribution in [-0.4, -0.2) is 15.0 Å². The van der Waals surface area contributed by atoms with Crippen LogP contribution in [0.5, 0.6) is 0 Å². The summed E-state index contributed by atoms with van der Waals surface area (Å²) >= 11 is 0.